The molecule has 2 N–H and O–H groups in total. The Balaban J connectivity index is 1.70. The van der Waals surface area contributed by atoms with Gasteiger partial charge in [0.15, 0.2) is 0 Å². The summed E-state index contributed by atoms with van der Waals surface area (Å²) in [6.45, 7) is 4.74. The Hall–Kier alpha value is -2.48. The minimum atomic E-state index is -3.20. The van der Waals surface area contributed by atoms with Crippen LogP contribution in [0, 0.1) is 5.92 Å². The summed E-state index contributed by atoms with van der Waals surface area (Å²) < 4.78 is 24.8. The lowest BCUT2D eigenvalue weighted by molar-refractivity contribution is 0.0943. The molecule has 0 unspecified atom stereocenters. The molecule has 0 spiro atoms. The Bertz CT molecular complexity index is 1110. The fraction of sp³-hybridized carbons (Fsp3) is 0.320. The monoisotopic (exact) mass is 470 g/mol. The number of sulfonamides is 1. The van der Waals surface area contributed by atoms with Crippen molar-refractivity contribution >= 4 is 27.3 Å². The van der Waals surface area contributed by atoms with Crippen molar-refractivity contribution in [2.45, 2.75) is 32.7 Å². The summed E-state index contributed by atoms with van der Waals surface area (Å²) in [5, 5.41) is 5.19. The van der Waals surface area contributed by atoms with Crippen LogP contribution >= 0.6 is 11.3 Å². The number of carbonyl (C=O) groups excluding carboxylic acids is 1. The Morgan fingerprint density at radius 3 is 2.19 bits per heavy atom. The number of amides is 1. The Kier molecular flexibility index (Phi) is 8.23. The van der Waals surface area contributed by atoms with E-state index in [1.807, 2.05) is 29.6 Å². The van der Waals surface area contributed by atoms with Gasteiger partial charge in [-0.15, -0.1) is 11.3 Å². The third-order valence-electron chi connectivity index (χ3n) is 5.05. The molecule has 1 heterocycles. The van der Waals surface area contributed by atoms with E-state index in [2.05, 4.69) is 48.2 Å². The van der Waals surface area contributed by atoms with Gasteiger partial charge in [-0.05, 0) is 59.0 Å². The first-order valence-corrected chi connectivity index (χ1v) is 13.4. The van der Waals surface area contributed by atoms with Crippen LogP contribution in [0.3, 0.4) is 0 Å². The van der Waals surface area contributed by atoms with Crippen LogP contribution in [0.5, 0.6) is 0 Å². The third kappa shape index (κ3) is 7.29. The standard InChI is InChI=1S/C25H30N2O3S2/c1-18(2)17-20-8-10-21(11-9-20)24(23-5-4-16-31-23)27-25(28)22-12-6-19(7-13-22)14-15-26-32(3,29)30/h4-13,16,18,24,26H,14-15,17H2,1-3H3,(H,27,28)/t24-/m1/s1. The van der Waals surface area contributed by atoms with Gasteiger partial charge in [0, 0.05) is 17.0 Å². The van der Waals surface area contributed by atoms with Crippen molar-refractivity contribution < 1.29 is 13.2 Å². The molecular weight excluding hydrogens is 440 g/mol. The number of hydrogen-bond acceptors (Lipinski definition) is 4. The molecule has 3 aromatic rings. The molecule has 0 fully saturated rings. The van der Waals surface area contributed by atoms with Crippen LogP contribution in [0.4, 0.5) is 0 Å². The van der Waals surface area contributed by atoms with Gasteiger partial charge in [-0.25, -0.2) is 13.1 Å². The average molecular weight is 471 g/mol. The molecule has 1 atom stereocenters. The van der Waals surface area contributed by atoms with Gasteiger partial charge in [0.25, 0.3) is 5.91 Å². The van der Waals surface area contributed by atoms with Gasteiger partial charge in [-0.1, -0.05) is 56.3 Å². The van der Waals surface area contributed by atoms with Gasteiger partial charge >= 0.3 is 0 Å². The predicted molar refractivity (Wildman–Crippen MR) is 132 cm³/mol. The largest absolute Gasteiger partial charge is 0.340 e. The lowest BCUT2D eigenvalue weighted by Crippen LogP contribution is -2.28. The van der Waals surface area contributed by atoms with E-state index < -0.39 is 10.0 Å². The zero-order valence-electron chi connectivity index (χ0n) is 18.7. The molecule has 0 aliphatic heterocycles. The molecule has 0 saturated carbocycles. The summed E-state index contributed by atoms with van der Waals surface area (Å²) in [5.41, 5.74) is 3.88. The van der Waals surface area contributed by atoms with Gasteiger partial charge < -0.3 is 5.32 Å². The minimum absolute atomic E-state index is 0.143. The average Bonchev–Trinajstić information content (AvgIpc) is 3.26. The van der Waals surface area contributed by atoms with Crippen molar-refractivity contribution in [1.82, 2.24) is 10.0 Å². The summed E-state index contributed by atoms with van der Waals surface area (Å²) >= 11 is 1.62. The second-order valence-corrected chi connectivity index (χ2v) is 11.2. The van der Waals surface area contributed by atoms with Gasteiger partial charge in [0.1, 0.15) is 0 Å². The Morgan fingerprint density at radius 2 is 1.62 bits per heavy atom. The smallest absolute Gasteiger partial charge is 0.252 e. The molecule has 1 amide bonds. The number of thiophene rings is 1. The molecule has 5 nitrogen and oxygen atoms in total. The zero-order valence-corrected chi connectivity index (χ0v) is 20.3. The number of rotatable bonds is 10. The van der Waals surface area contributed by atoms with E-state index in [1.54, 1.807) is 23.5 Å². The van der Waals surface area contributed by atoms with E-state index in [0.29, 0.717) is 24.4 Å². The predicted octanol–water partition coefficient (Wildman–Crippen LogP) is 4.56. The second-order valence-electron chi connectivity index (χ2n) is 8.37. The van der Waals surface area contributed by atoms with E-state index in [1.165, 1.54) is 5.56 Å². The van der Waals surface area contributed by atoms with E-state index in [-0.39, 0.29) is 11.9 Å². The molecule has 0 radical (unpaired) electrons. The first-order valence-electron chi connectivity index (χ1n) is 10.7. The fourth-order valence-corrected chi connectivity index (χ4v) is 4.79. The molecule has 32 heavy (non-hydrogen) atoms. The van der Waals surface area contributed by atoms with Crippen LogP contribution in [-0.2, 0) is 22.9 Å². The molecule has 0 saturated heterocycles. The van der Waals surface area contributed by atoms with Crippen molar-refractivity contribution in [2.24, 2.45) is 5.92 Å². The summed E-state index contributed by atoms with van der Waals surface area (Å²) in [7, 11) is -3.20. The second kappa shape index (κ2) is 10.9. The van der Waals surface area contributed by atoms with Gasteiger partial charge in [0.05, 0.1) is 12.3 Å². The molecule has 0 aliphatic carbocycles. The number of nitrogens with one attached hydrogen (secondary N) is 2. The highest BCUT2D eigenvalue weighted by molar-refractivity contribution is 7.88. The van der Waals surface area contributed by atoms with E-state index in [4.69, 9.17) is 0 Å². The SMILES string of the molecule is CC(C)Cc1ccc([C@@H](NC(=O)c2ccc(CCNS(C)(=O)=O)cc2)c2cccs2)cc1. The molecule has 0 aliphatic rings. The molecule has 7 heteroatoms. The maximum absolute atomic E-state index is 13.0. The van der Waals surface area contributed by atoms with Gasteiger partial charge in [-0.2, -0.15) is 0 Å². The third-order valence-corrected chi connectivity index (χ3v) is 6.72. The van der Waals surface area contributed by atoms with Crippen LogP contribution in [-0.4, -0.2) is 27.1 Å². The van der Waals surface area contributed by atoms with Crippen LogP contribution in [0.2, 0.25) is 0 Å². The van der Waals surface area contributed by atoms with Crippen LogP contribution in [0.25, 0.3) is 0 Å². The zero-order chi connectivity index (χ0) is 23.1. The van der Waals surface area contributed by atoms with E-state index >= 15 is 0 Å². The highest BCUT2D eigenvalue weighted by Gasteiger charge is 2.19. The Morgan fingerprint density at radius 1 is 0.969 bits per heavy atom. The van der Waals surface area contributed by atoms with Crippen LogP contribution in [0.1, 0.15) is 51.8 Å². The lowest BCUT2D eigenvalue weighted by Gasteiger charge is -2.19. The van der Waals surface area contributed by atoms with Crippen molar-refractivity contribution in [2.75, 3.05) is 12.8 Å². The quantitative estimate of drug-likeness (QED) is 0.456. The maximum atomic E-state index is 13.0. The highest BCUT2D eigenvalue weighted by atomic mass is 32.2. The lowest BCUT2D eigenvalue weighted by atomic mass is 9.98. The Labute approximate surface area is 194 Å². The van der Waals surface area contributed by atoms with Gasteiger partial charge in [0.2, 0.25) is 10.0 Å². The summed E-state index contributed by atoms with van der Waals surface area (Å²) in [6.07, 6.45) is 2.74. The van der Waals surface area contributed by atoms with Crippen molar-refractivity contribution in [1.29, 1.82) is 0 Å². The molecule has 170 valence electrons. The molecule has 2 aromatic carbocycles. The molecule has 0 bridgehead atoms. The molecule has 3 rings (SSSR count). The van der Waals surface area contributed by atoms with Crippen LogP contribution < -0.4 is 10.0 Å². The fourth-order valence-electron chi connectivity index (χ4n) is 3.51. The van der Waals surface area contributed by atoms with Gasteiger partial charge in [-0.3, -0.25) is 4.79 Å². The summed E-state index contributed by atoms with van der Waals surface area (Å²) in [5.74, 6) is 0.453. The normalized spacial score (nSPS) is 12.6. The van der Waals surface area contributed by atoms with Crippen molar-refractivity contribution in [3.05, 3.63) is 93.2 Å². The number of benzene rings is 2. The first-order chi connectivity index (χ1) is 15.2. The van der Waals surface area contributed by atoms with Crippen molar-refractivity contribution in [3.63, 3.8) is 0 Å². The molecular formula is C25H30N2O3S2. The summed E-state index contributed by atoms with van der Waals surface area (Å²) in [4.78, 5) is 14.1. The maximum Gasteiger partial charge on any atom is 0.252 e. The molecule has 1 aromatic heterocycles. The highest BCUT2D eigenvalue weighted by Crippen LogP contribution is 2.27. The topological polar surface area (TPSA) is 75.3 Å². The van der Waals surface area contributed by atoms with Crippen molar-refractivity contribution in [3.8, 4) is 0 Å². The van der Waals surface area contributed by atoms with E-state index in [9.17, 15) is 13.2 Å². The number of hydrogen-bond donors (Lipinski definition) is 2. The van der Waals surface area contributed by atoms with Crippen LogP contribution in [0.15, 0.2) is 66.0 Å². The first kappa shape index (κ1) is 24.2. The minimum Gasteiger partial charge on any atom is -0.340 e. The number of carbonyl (C=O) groups is 1. The summed E-state index contributed by atoms with van der Waals surface area (Å²) in [6, 6.07) is 19.6. The van der Waals surface area contributed by atoms with E-state index in [0.717, 1.165) is 28.7 Å².